The molecule has 3 rings (SSSR count). The molecule has 0 aliphatic carbocycles. The van der Waals surface area contributed by atoms with Crippen molar-refractivity contribution in [2.75, 3.05) is 7.11 Å². The molecule has 0 aromatic heterocycles. The number of ketones is 1. The summed E-state index contributed by atoms with van der Waals surface area (Å²) in [6.07, 6.45) is 0.409. The summed E-state index contributed by atoms with van der Waals surface area (Å²) in [4.78, 5) is 24.1. The number of Topliss-reactive ketones (excluding diaryl/α,β-unsaturated/α-hetero) is 1. The summed E-state index contributed by atoms with van der Waals surface area (Å²) in [6, 6.07) is 21.0. The van der Waals surface area contributed by atoms with Crippen LogP contribution in [0.5, 0.6) is 5.75 Å². The molecule has 132 valence electrons. The molecule has 0 heterocycles. The molecule has 26 heavy (non-hydrogen) atoms. The topological polar surface area (TPSA) is 55.4 Å². The van der Waals surface area contributed by atoms with Crippen molar-refractivity contribution in [1.29, 1.82) is 0 Å². The third-order valence-electron chi connectivity index (χ3n) is 4.28. The Morgan fingerprint density at radius 1 is 0.885 bits per heavy atom. The zero-order valence-corrected chi connectivity index (χ0v) is 14.7. The van der Waals surface area contributed by atoms with Crippen LogP contribution in [0.1, 0.15) is 28.8 Å². The van der Waals surface area contributed by atoms with Gasteiger partial charge in [0.25, 0.3) is 0 Å². The van der Waals surface area contributed by atoms with Crippen molar-refractivity contribution >= 4 is 22.5 Å². The molecular weight excluding hydrogens is 326 g/mol. The van der Waals surface area contributed by atoms with Crippen molar-refractivity contribution in [2.45, 2.75) is 19.4 Å². The summed E-state index contributed by atoms with van der Waals surface area (Å²) in [7, 11) is 1.65. The Kier molecular flexibility index (Phi) is 5.64. The minimum absolute atomic E-state index is 0.0135. The number of methoxy groups -OCH3 is 1. The van der Waals surface area contributed by atoms with Crippen LogP contribution in [-0.2, 0) is 11.3 Å². The standard InChI is InChI=1S/C22H21NO3/c1-26-20-10-9-18-13-16(7-8-19(18)14-20)15-23-22(25)12-11-21(24)17-5-3-2-4-6-17/h2-10,13-14H,11-12,15H2,1H3,(H,23,25). The number of rotatable bonds is 7. The Morgan fingerprint density at radius 2 is 1.62 bits per heavy atom. The van der Waals surface area contributed by atoms with Crippen LogP contribution in [-0.4, -0.2) is 18.8 Å². The second-order valence-corrected chi connectivity index (χ2v) is 6.11. The highest BCUT2D eigenvalue weighted by Crippen LogP contribution is 2.21. The fraction of sp³-hybridized carbons (Fsp3) is 0.182. The Balaban J connectivity index is 1.52. The van der Waals surface area contributed by atoms with Gasteiger partial charge in [-0.25, -0.2) is 0 Å². The molecule has 0 fully saturated rings. The van der Waals surface area contributed by atoms with Crippen molar-refractivity contribution < 1.29 is 14.3 Å². The van der Waals surface area contributed by atoms with Crippen molar-refractivity contribution in [2.24, 2.45) is 0 Å². The van der Waals surface area contributed by atoms with Gasteiger partial charge < -0.3 is 10.1 Å². The van der Waals surface area contributed by atoms with E-state index < -0.39 is 0 Å². The van der Waals surface area contributed by atoms with Gasteiger partial charge >= 0.3 is 0 Å². The first-order valence-electron chi connectivity index (χ1n) is 8.57. The van der Waals surface area contributed by atoms with Crippen molar-refractivity contribution in [3.8, 4) is 5.75 Å². The number of benzene rings is 3. The fourth-order valence-corrected chi connectivity index (χ4v) is 2.79. The molecule has 4 nitrogen and oxygen atoms in total. The van der Waals surface area contributed by atoms with E-state index in [0.29, 0.717) is 12.1 Å². The van der Waals surface area contributed by atoms with E-state index in [2.05, 4.69) is 5.32 Å². The molecule has 0 aliphatic heterocycles. The van der Waals surface area contributed by atoms with Crippen LogP contribution >= 0.6 is 0 Å². The number of nitrogens with one attached hydrogen (secondary N) is 1. The fourth-order valence-electron chi connectivity index (χ4n) is 2.79. The molecule has 0 radical (unpaired) electrons. The maximum atomic E-state index is 12.0. The van der Waals surface area contributed by atoms with E-state index in [0.717, 1.165) is 22.1 Å². The molecular formula is C22H21NO3. The summed E-state index contributed by atoms with van der Waals surface area (Å²) in [5.74, 6) is 0.686. The summed E-state index contributed by atoms with van der Waals surface area (Å²) in [6.45, 7) is 0.445. The molecule has 0 bridgehead atoms. The van der Waals surface area contributed by atoms with Gasteiger partial charge in [-0.15, -0.1) is 0 Å². The molecule has 0 unspecified atom stereocenters. The number of hydrogen-bond donors (Lipinski definition) is 1. The quantitative estimate of drug-likeness (QED) is 0.654. The second-order valence-electron chi connectivity index (χ2n) is 6.11. The average molecular weight is 347 g/mol. The number of fused-ring (bicyclic) bond motifs is 1. The third-order valence-corrected chi connectivity index (χ3v) is 4.28. The van der Waals surface area contributed by atoms with Crippen LogP contribution in [0.2, 0.25) is 0 Å². The highest BCUT2D eigenvalue weighted by atomic mass is 16.5. The number of amides is 1. The lowest BCUT2D eigenvalue weighted by Gasteiger charge is -2.08. The van der Waals surface area contributed by atoms with E-state index in [9.17, 15) is 9.59 Å². The van der Waals surface area contributed by atoms with Crippen LogP contribution < -0.4 is 10.1 Å². The minimum Gasteiger partial charge on any atom is -0.497 e. The first-order valence-corrected chi connectivity index (χ1v) is 8.57. The van der Waals surface area contributed by atoms with E-state index in [1.165, 1.54) is 0 Å². The van der Waals surface area contributed by atoms with Gasteiger partial charge in [-0.1, -0.05) is 48.5 Å². The van der Waals surface area contributed by atoms with Gasteiger partial charge in [-0.3, -0.25) is 9.59 Å². The summed E-state index contributed by atoms with van der Waals surface area (Å²) < 4.78 is 5.23. The number of ether oxygens (including phenoxy) is 1. The minimum atomic E-state index is -0.121. The second kappa shape index (κ2) is 8.30. The van der Waals surface area contributed by atoms with Crippen molar-refractivity contribution in [3.05, 3.63) is 77.9 Å². The third kappa shape index (κ3) is 4.48. The molecule has 3 aromatic carbocycles. The molecule has 0 spiro atoms. The molecule has 1 amide bonds. The zero-order valence-electron chi connectivity index (χ0n) is 14.7. The smallest absolute Gasteiger partial charge is 0.220 e. The van der Waals surface area contributed by atoms with E-state index >= 15 is 0 Å². The van der Waals surface area contributed by atoms with Crippen LogP contribution in [0.4, 0.5) is 0 Å². The Bertz CT molecular complexity index is 919. The van der Waals surface area contributed by atoms with E-state index in [1.807, 2.05) is 54.6 Å². The molecule has 1 N–H and O–H groups in total. The molecule has 3 aromatic rings. The highest BCUT2D eigenvalue weighted by Gasteiger charge is 2.09. The first-order chi connectivity index (χ1) is 12.7. The lowest BCUT2D eigenvalue weighted by atomic mass is 10.1. The average Bonchev–Trinajstić information content (AvgIpc) is 2.70. The maximum absolute atomic E-state index is 12.0. The van der Waals surface area contributed by atoms with E-state index in [-0.39, 0.29) is 24.5 Å². The van der Waals surface area contributed by atoms with Crippen molar-refractivity contribution in [1.82, 2.24) is 5.32 Å². The van der Waals surface area contributed by atoms with Crippen LogP contribution in [0.25, 0.3) is 10.8 Å². The first kappa shape index (κ1) is 17.7. The molecule has 4 heteroatoms. The van der Waals surface area contributed by atoms with Gasteiger partial charge in [0, 0.05) is 24.9 Å². The number of hydrogen-bond acceptors (Lipinski definition) is 3. The lowest BCUT2D eigenvalue weighted by Crippen LogP contribution is -2.23. The zero-order chi connectivity index (χ0) is 18.4. The van der Waals surface area contributed by atoms with Gasteiger partial charge in [-0.05, 0) is 34.5 Å². The summed E-state index contributed by atoms with van der Waals surface area (Å²) in [5.41, 5.74) is 1.66. The lowest BCUT2D eigenvalue weighted by molar-refractivity contribution is -0.121. The monoisotopic (exact) mass is 347 g/mol. The van der Waals surface area contributed by atoms with Gasteiger partial charge in [0.2, 0.25) is 5.91 Å². The molecule has 0 saturated carbocycles. The van der Waals surface area contributed by atoms with Gasteiger partial charge in [-0.2, -0.15) is 0 Å². The van der Waals surface area contributed by atoms with Crippen LogP contribution in [0, 0.1) is 0 Å². The van der Waals surface area contributed by atoms with Gasteiger partial charge in [0.15, 0.2) is 5.78 Å². The van der Waals surface area contributed by atoms with Crippen LogP contribution in [0.15, 0.2) is 66.7 Å². The van der Waals surface area contributed by atoms with E-state index in [4.69, 9.17) is 4.74 Å². The molecule has 0 saturated heterocycles. The molecule has 0 aliphatic rings. The normalized spacial score (nSPS) is 10.5. The van der Waals surface area contributed by atoms with Crippen molar-refractivity contribution in [3.63, 3.8) is 0 Å². The Hall–Kier alpha value is -3.14. The molecule has 0 atom stereocenters. The van der Waals surface area contributed by atoms with Gasteiger partial charge in [0.05, 0.1) is 7.11 Å². The SMILES string of the molecule is COc1ccc2cc(CNC(=O)CCC(=O)c3ccccc3)ccc2c1. The Morgan fingerprint density at radius 3 is 2.38 bits per heavy atom. The van der Waals surface area contributed by atoms with E-state index in [1.54, 1.807) is 19.2 Å². The Labute approximate surface area is 152 Å². The predicted molar refractivity (Wildman–Crippen MR) is 102 cm³/mol. The highest BCUT2D eigenvalue weighted by molar-refractivity contribution is 5.97. The summed E-state index contributed by atoms with van der Waals surface area (Å²) >= 11 is 0. The van der Waals surface area contributed by atoms with Gasteiger partial charge in [0.1, 0.15) is 5.75 Å². The predicted octanol–water partition coefficient (Wildman–Crippen LogP) is 4.13. The van der Waals surface area contributed by atoms with Crippen LogP contribution in [0.3, 0.4) is 0 Å². The maximum Gasteiger partial charge on any atom is 0.220 e. The summed E-state index contributed by atoms with van der Waals surface area (Å²) in [5, 5.41) is 5.06. The number of carbonyl (C=O) groups excluding carboxylic acids is 2. The number of carbonyl (C=O) groups is 2. The largest absolute Gasteiger partial charge is 0.497 e.